The molecule has 5 rings (SSSR count). The smallest absolute Gasteiger partial charge is 0.338 e. The summed E-state index contributed by atoms with van der Waals surface area (Å²) in [6.07, 6.45) is 3.54. The molecule has 1 heterocycles. The number of Topliss-reactive ketones (excluding diaryl/α,β-unsaturated/α-hetero) is 3. The maximum Gasteiger partial charge on any atom is 0.338 e. The van der Waals surface area contributed by atoms with Crippen molar-refractivity contribution in [3.8, 4) is 0 Å². The molecule has 1 aliphatic heterocycles. The highest BCUT2D eigenvalue weighted by atomic mass is 16.6. The van der Waals surface area contributed by atoms with Crippen LogP contribution in [0.4, 0.5) is 0 Å². The lowest BCUT2D eigenvalue weighted by Crippen LogP contribution is -2.54. The van der Waals surface area contributed by atoms with Gasteiger partial charge in [0.15, 0.2) is 5.78 Å². The number of esters is 1. The Morgan fingerprint density at radius 1 is 1.26 bits per heavy atom. The van der Waals surface area contributed by atoms with E-state index < -0.39 is 22.9 Å². The average Bonchev–Trinajstić information content (AvgIpc) is 3.27. The van der Waals surface area contributed by atoms with Gasteiger partial charge in [0.1, 0.15) is 17.7 Å². The van der Waals surface area contributed by atoms with Crippen molar-refractivity contribution in [1.82, 2.24) is 0 Å². The molecule has 4 aliphatic carbocycles. The normalized spacial score (nSPS) is 38.6. The van der Waals surface area contributed by atoms with Crippen LogP contribution in [0.2, 0.25) is 0 Å². The van der Waals surface area contributed by atoms with Gasteiger partial charge >= 0.3 is 5.97 Å². The van der Waals surface area contributed by atoms with E-state index >= 15 is 0 Å². The topological polar surface area (TPSA) is 86.7 Å². The number of methoxy groups -OCH3 is 1. The molecular weight excluding hydrogens is 396 g/mol. The molecule has 0 bridgehead atoms. The van der Waals surface area contributed by atoms with E-state index in [-0.39, 0.29) is 42.2 Å². The molecule has 0 radical (unpaired) electrons. The third kappa shape index (κ3) is 2.48. The highest BCUT2D eigenvalue weighted by Gasteiger charge is 2.63. The highest BCUT2D eigenvalue weighted by molar-refractivity contribution is 6.16. The van der Waals surface area contributed by atoms with Crippen molar-refractivity contribution in [2.45, 2.75) is 59.0 Å². The van der Waals surface area contributed by atoms with E-state index in [9.17, 15) is 19.2 Å². The van der Waals surface area contributed by atoms with Crippen LogP contribution < -0.4 is 0 Å². The first-order chi connectivity index (χ1) is 14.6. The van der Waals surface area contributed by atoms with Gasteiger partial charge in [-0.15, -0.1) is 0 Å². The zero-order chi connectivity index (χ0) is 22.3. The quantitative estimate of drug-likeness (QED) is 0.645. The Morgan fingerprint density at radius 2 is 2.00 bits per heavy atom. The van der Waals surface area contributed by atoms with Crippen molar-refractivity contribution in [3.05, 3.63) is 33.9 Å². The molecule has 1 saturated heterocycles. The second kappa shape index (κ2) is 6.58. The van der Waals surface area contributed by atoms with E-state index in [2.05, 4.69) is 0 Å². The molecule has 0 amide bonds. The standard InChI is InChI=1S/C25H28O6/c1-12(26)9-13-10-24(2)16(7-8-17(24)27)19-20(13)25(3)18(11-30-4)31-23(29)15-6-5-14(21(15)25)22(19)28/h6,13,16,18H,5,7-11H2,1-4H3. The van der Waals surface area contributed by atoms with Crippen LogP contribution in [-0.2, 0) is 28.7 Å². The van der Waals surface area contributed by atoms with Gasteiger partial charge in [-0.1, -0.05) is 13.0 Å². The molecule has 2 fully saturated rings. The van der Waals surface area contributed by atoms with Gasteiger partial charge in [0.25, 0.3) is 0 Å². The second-order valence-electron chi connectivity index (χ2n) is 10.1. The lowest BCUT2D eigenvalue weighted by molar-refractivity contribution is -0.156. The molecule has 6 heteroatoms. The van der Waals surface area contributed by atoms with E-state index in [0.717, 1.165) is 11.1 Å². The van der Waals surface area contributed by atoms with Crippen molar-refractivity contribution in [1.29, 1.82) is 0 Å². The highest BCUT2D eigenvalue weighted by Crippen LogP contribution is 2.65. The third-order valence-electron chi connectivity index (χ3n) is 8.43. The summed E-state index contributed by atoms with van der Waals surface area (Å²) in [7, 11) is 1.57. The van der Waals surface area contributed by atoms with Crippen molar-refractivity contribution < 1.29 is 28.7 Å². The van der Waals surface area contributed by atoms with Crippen LogP contribution in [0.25, 0.3) is 0 Å². The zero-order valence-corrected chi connectivity index (χ0v) is 18.5. The molecule has 5 aliphatic rings. The van der Waals surface area contributed by atoms with Gasteiger partial charge < -0.3 is 14.3 Å². The number of fused-ring (bicyclic) bond motifs is 3. The van der Waals surface area contributed by atoms with Gasteiger partial charge in [-0.25, -0.2) is 4.79 Å². The predicted octanol–water partition coefficient (Wildman–Crippen LogP) is 3.05. The van der Waals surface area contributed by atoms with E-state index in [1.165, 1.54) is 0 Å². The minimum absolute atomic E-state index is 0.0263. The molecular formula is C25H28O6. The van der Waals surface area contributed by atoms with Crippen molar-refractivity contribution in [2.75, 3.05) is 13.7 Å². The molecule has 5 atom stereocenters. The second-order valence-corrected chi connectivity index (χ2v) is 10.1. The minimum atomic E-state index is -0.738. The van der Waals surface area contributed by atoms with Crippen LogP contribution in [0.3, 0.4) is 0 Å². The number of carbonyl (C=O) groups is 4. The number of carbonyl (C=O) groups excluding carboxylic acids is 4. The zero-order valence-electron chi connectivity index (χ0n) is 18.5. The summed E-state index contributed by atoms with van der Waals surface area (Å²) in [6, 6.07) is 0. The first-order valence-electron chi connectivity index (χ1n) is 11.1. The molecule has 0 aromatic rings. The summed E-state index contributed by atoms with van der Waals surface area (Å²) in [4.78, 5) is 51.8. The van der Waals surface area contributed by atoms with Gasteiger partial charge in [-0.3, -0.25) is 9.59 Å². The fraction of sp³-hybridized carbons (Fsp3) is 0.600. The molecule has 0 aromatic carbocycles. The van der Waals surface area contributed by atoms with Gasteiger partial charge in [0.2, 0.25) is 0 Å². The minimum Gasteiger partial charge on any atom is -0.455 e. The van der Waals surface area contributed by atoms with E-state index in [1.54, 1.807) is 20.1 Å². The average molecular weight is 424 g/mol. The first-order valence-corrected chi connectivity index (χ1v) is 11.1. The number of hydrogen-bond acceptors (Lipinski definition) is 6. The Morgan fingerprint density at radius 3 is 2.68 bits per heavy atom. The lowest BCUT2D eigenvalue weighted by Gasteiger charge is -2.54. The Hall–Kier alpha value is -2.34. The molecule has 31 heavy (non-hydrogen) atoms. The molecule has 0 N–H and O–H groups in total. The van der Waals surface area contributed by atoms with E-state index in [1.807, 2.05) is 13.8 Å². The number of cyclic esters (lactones) is 1. The molecule has 1 saturated carbocycles. The van der Waals surface area contributed by atoms with Crippen LogP contribution in [0.15, 0.2) is 33.9 Å². The number of ketones is 3. The number of rotatable bonds is 4. The first kappa shape index (κ1) is 20.6. The van der Waals surface area contributed by atoms with Crippen LogP contribution in [-0.4, -0.2) is 43.1 Å². The maximum atomic E-state index is 13.9. The number of allylic oxidation sites excluding steroid dienone is 3. The number of hydrogen-bond donors (Lipinski definition) is 0. The van der Waals surface area contributed by atoms with Crippen LogP contribution >= 0.6 is 0 Å². The molecule has 164 valence electrons. The summed E-state index contributed by atoms with van der Waals surface area (Å²) in [5, 5.41) is 0. The maximum absolute atomic E-state index is 13.9. The van der Waals surface area contributed by atoms with E-state index in [0.29, 0.717) is 42.4 Å². The Kier molecular flexibility index (Phi) is 4.36. The summed E-state index contributed by atoms with van der Waals surface area (Å²) in [5.74, 6) is -0.638. The van der Waals surface area contributed by atoms with Crippen molar-refractivity contribution in [3.63, 3.8) is 0 Å². The largest absolute Gasteiger partial charge is 0.455 e. The van der Waals surface area contributed by atoms with Gasteiger partial charge in [-0.2, -0.15) is 0 Å². The summed E-state index contributed by atoms with van der Waals surface area (Å²) in [6.45, 7) is 5.75. The molecule has 0 aromatic heterocycles. The molecule has 6 nitrogen and oxygen atoms in total. The number of ether oxygens (including phenoxy) is 2. The summed E-state index contributed by atoms with van der Waals surface area (Å²) >= 11 is 0. The van der Waals surface area contributed by atoms with E-state index in [4.69, 9.17) is 9.47 Å². The van der Waals surface area contributed by atoms with Crippen LogP contribution in [0.1, 0.15) is 52.9 Å². The molecule has 0 spiro atoms. The Labute approximate surface area is 181 Å². The van der Waals surface area contributed by atoms with Gasteiger partial charge in [-0.05, 0) is 50.2 Å². The third-order valence-corrected chi connectivity index (χ3v) is 8.43. The monoisotopic (exact) mass is 424 g/mol. The Bertz CT molecular complexity index is 1040. The summed E-state index contributed by atoms with van der Waals surface area (Å²) in [5.41, 5.74) is 2.14. The lowest BCUT2D eigenvalue weighted by atomic mass is 9.50. The van der Waals surface area contributed by atoms with Crippen LogP contribution in [0.5, 0.6) is 0 Å². The van der Waals surface area contributed by atoms with Gasteiger partial charge in [0.05, 0.1) is 17.6 Å². The predicted molar refractivity (Wildman–Crippen MR) is 111 cm³/mol. The van der Waals surface area contributed by atoms with Crippen molar-refractivity contribution >= 4 is 23.3 Å². The SMILES string of the molecule is COCC1OC(=O)C2=CCC3=C2C1(C)C1=C(C3=O)C2CCC(=O)C2(C)CC1CC(C)=O. The fourth-order valence-electron chi connectivity index (χ4n) is 7.17. The Balaban J connectivity index is 1.79. The fourth-order valence-corrected chi connectivity index (χ4v) is 7.17. The van der Waals surface area contributed by atoms with Crippen LogP contribution in [0, 0.1) is 22.7 Å². The summed E-state index contributed by atoms with van der Waals surface area (Å²) < 4.78 is 11.3. The molecule has 5 unspecified atom stereocenters. The van der Waals surface area contributed by atoms with Gasteiger partial charge in [0, 0.05) is 42.4 Å². The van der Waals surface area contributed by atoms with Crippen molar-refractivity contribution in [2.24, 2.45) is 22.7 Å².